The first-order valence-corrected chi connectivity index (χ1v) is 14.5. The molecule has 4 heterocycles. The Balaban J connectivity index is 1.35. The largest absolute Gasteiger partial charge is 0.465 e. The molecule has 1 aromatic heterocycles. The Kier molecular flexibility index (Phi) is 7.13. The monoisotopic (exact) mass is 542 g/mol. The van der Waals surface area contributed by atoms with Gasteiger partial charge in [0.25, 0.3) is 0 Å². The number of fused-ring (bicyclic) bond motifs is 3. The summed E-state index contributed by atoms with van der Waals surface area (Å²) in [5, 5.41) is 9.50. The number of carbonyl (C=O) groups excluding carboxylic acids is 1. The molecule has 1 aromatic carbocycles. The van der Waals surface area contributed by atoms with Crippen molar-refractivity contribution in [2.45, 2.75) is 63.1 Å². The van der Waals surface area contributed by atoms with Gasteiger partial charge in [-0.05, 0) is 62.9 Å². The van der Waals surface area contributed by atoms with Crippen LogP contribution in [0.4, 0.5) is 5.82 Å². The van der Waals surface area contributed by atoms with Gasteiger partial charge in [-0.25, -0.2) is 0 Å². The van der Waals surface area contributed by atoms with E-state index in [0.717, 1.165) is 50.0 Å². The number of aromatic nitrogens is 2. The summed E-state index contributed by atoms with van der Waals surface area (Å²) in [6.45, 7) is 9.11. The first-order chi connectivity index (χ1) is 19.4. The van der Waals surface area contributed by atoms with E-state index >= 15 is 0 Å². The van der Waals surface area contributed by atoms with E-state index in [1.807, 2.05) is 0 Å². The number of rotatable bonds is 6. The van der Waals surface area contributed by atoms with E-state index in [-0.39, 0.29) is 18.4 Å². The van der Waals surface area contributed by atoms with Gasteiger partial charge in [-0.3, -0.25) is 4.79 Å². The molecule has 9 heteroatoms. The van der Waals surface area contributed by atoms with Crippen molar-refractivity contribution in [3.63, 3.8) is 0 Å². The first-order valence-electron chi connectivity index (χ1n) is 14.5. The Bertz CT molecular complexity index is 1340. The predicted octanol–water partition coefficient (Wildman–Crippen LogP) is 3.48. The van der Waals surface area contributed by atoms with Crippen LogP contribution in [-0.4, -0.2) is 77.6 Å². The van der Waals surface area contributed by atoms with Crippen LogP contribution in [0.1, 0.15) is 49.3 Å². The van der Waals surface area contributed by atoms with E-state index in [1.165, 1.54) is 17.2 Å². The summed E-state index contributed by atoms with van der Waals surface area (Å²) in [5.74, 6) is 1.56. The van der Waals surface area contributed by atoms with Gasteiger partial charge in [-0.2, -0.15) is 15.2 Å². The molecule has 0 saturated carbocycles. The number of nitriles is 1. The van der Waals surface area contributed by atoms with Gasteiger partial charge in [0, 0.05) is 31.6 Å². The van der Waals surface area contributed by atoms with Crippen LogP contribution in [0.25, 0.3) is 0 Å². The molecule has 1 spiro atoms. The van der Waals surface area contributed by atoms with E-state index < -0.39 is 5.60 Å². The van der Waals surface area contributed by atoms with Crippen LogP contribution >= 0.6 is 0 Å². The summed E-state index contributed by atoms with van der Waals surface area (Å²) in [6, 6.07) is 11.3. The summed E-state index contributed by atoms with van der Waals surface area (Å²) >= 11 is 0. The van der Waals surface area contributed by atoms with E-state index in [1.54, 1.807) is 4.90 Å². The van der Waals surface area contributed by atoms with Crippen LogP contribution in [0, 0.1) is 17.2 Å². The second-order valence-corrected chi connectivity index (χ2v) is 11.7. The van der Waals surface area contributed by atoms with Crippen LogP contribution in [0.15, 0.2) is 36.9 Å². The van der Waals surface area contributed by atoms with E-state index in [4.69, 9.17) is 19.4 Å². The highest BCUT2D eigenvalue weighted by Crippen LogP contribution is 2.51. The molecular weight excluding hydrogens is 504 g/mol. The Morgan fingerprint density at radius 2 is 2.12 bits per heavy atom. The molecule has 40 heavy (non-hydrogen) atoms. The van der Waals surface area contributed by atoms with Crippen LogP contribution in [0.3, 0.4) is 0 Å². The molecule has 1 amide bonds. The molecule has 1 aliphatic carbocycles. The predicted molar refractivity (Wildman–Crippen MR) is 151 cm³/mol. The minimum absolute atomic E-state index is 0.145. The van der Waals surface area contributed by atoms with Crippen LogP contribution in [0.5, 0.6) is 11.9 Å². The Labute approximate surface area is 236 Å². The van der Waals surface area contributed by atoms with Crippen molar-refractivity contribution < 1.29 is 14.3 Å². The summed E-state index contributed by atoms with van der Waals surface area (Å²) in [5.41, 5.74) is 3.16. The lowest BCUT2D eigenvalue weighted by Gasteiger charge is -2.43. The number of likely N-dealkylation sites (tertiary alicyclic amines) is 1. The van der Waals surface area contributed by atoms with E-state index in [2.05, 4.69) is 60.7 Å². The van der Waals surface area contributed by atoms with Gasteiger partial charge in [0.1, 0.15) is 18.0 Å². The van der Waals surface area contributed by atoms with Crippen molar-refractivity contribution in [2.24, 2.45) is 5.92 Å². The Hall–Kier alpha value is -3.64. The van der Waals surface area contributed by atoms with Crippen molar-refractivity contribution in [3.05, 3.63) is 53.6 Å². The van der Waals surface area contributed by atoms with Gasteiger partial charge in [-0.1, -0.05) is 37.8 Å². The smallest absolute Gasteiger partial charge is 0.321 e. The van der Waals surface area contributed by atoms with Crippen molar-refractivity contribution in [1.82, 2.24) is 19.8 Å². The molecule has 2 fully saturated rings. The fraction of sp³-hybridized carbons (Fsp3) is 0.548. The number of carbonyl (C=O) groups is 1. The lowest BCUT2D eigenvalue weighted by atomic mass is 9.81. The molecule has 4 atom stereocenters. The fourth-order valence-electron chi connectivity index (χ4n) is 7.10. The Morgan fingerprint density at radius 1 is 1.27 bits per heavy atom. The van der Waals surface area contributed by atoms with Crippen LogP contribution < -0.4 is 14.4 Å². The van der Waals surface area contributed by atoms with E-state index in [9.17, 15) is 10.1 Å². The van der Waals surface area contributed by atoms with Crippen LogP contribution in [0.2, 0.25) is 0 Å². The molecule has 6 rings (SSSR count). The zero-order chi connectivity index (χ0) is 27.9. The summed E-state index contributed by atoms with van der Waals surface area (Å²) in [6.07, 6.45) is 6.44. The highest BCUT2D eigenvalue weighted by Gasteiger charge is 2.50. The van der Waals surface area contributed by atoms with Gasteiger partial charge in [0.2, 0.25) is 11.8 Å². The number of ether oxygens (including phenoxy) is 2. The zero-order valence-corrected chi connectivity index (χ0v) is 23.5. The number of amides is 1. The average Bonchev–Trinajstić information content (AvgIpc) is 3.50. The first kappa shape index (κ1) is 26.6. The highest BCUT2D eigenvalue weighted by atomic mass is 16.5. The van der Waals surface area contributed by atoms with Gasteiger partial charge < -0.3 is 24.2 Å². The molecule has 210 valence electrons. The molecule has 9 nitrogen and oxygen atoms in total. The molecule has 0 N–H and O–H groups in total. The topological polar surface area (TPSA) is 94.8 Å². The fourth-order valence-corrected chi connectivity index (χ4v) is 7.10. The second kappa shape index (κ2) is 10.7. The molecule has 0 unspecified atom stereocenters. The molecular formula is C31H38N6O3. The number of hydrogen-bond acceptors (Lipinski definition) is 8. The third-order valence-corrected chi connectivity index (χ3v) is 9.39. The van der Waals surface area contributed by atoms with E-state index in [0.29, 0.717) is 50.1 Å². The van der Waals surface area contributed by atoms with Crippen molar-refractivity contribution in [1.29, 1.82) is 5.26 Å². The molecule has 3 aliphatic heterocycles. The highest BCUT2D eigenvalue weighted by molar-refractivity contribution is 5.87. The van der Waals surface area contributed by atoms with Crippen molar-refractivity contribution in [2.75, 3.05) is 44.7 Å². The number of anilines is 1. The summed E-state index contributed by atoms with van der Waals surface area (Å²) in [4.78, 5) is 28.6. The second-order valence-electron chi connectivity index (χ2n) is 11.7. The number of benzene rings is 1. The average molecular weight is 543 g/mol. The summed E-state index contributed by atoms with van der Waals surface area (Å²) < 4.78 is 13.2. The zero-order valence-electron chi connectivity index (χ0n) is 23.5. The quantitative estimate of drug-likeness (QED) is 0.512. The van der Waals surface area contributed by atoms with Crippen molar-refractivity contribution in [3.8, 4) is 18.0 Å². The normalized spacial score (nSPS) is 27.6. The molecule has 2 saturated heterocycles. The number of piperazine rings is 1. The molecule has 2 aromatic rings. The molecule has 4 aliphatic rings. The van der Waals surface area contributed by atoms with Crippen molar-refractivity contribution >= 4 is 11.7 Å². The van der Waals surface area contributed by atoms with Gasteiger partial charge in [0.05, 0.1) is 24.1 Å². The number of nitrogens with zero attached hydrogens (tertiary/aromatic N) is 6. The van der Waals surface area contributed by atoms with Gasteiger partial charge >= 0.3 is 6.01 Å². The number of hydrogen-bond donors (Lipinski definition) is 0. The lowest BCUT2D eigenvalue weighted by molar-refractivity contribution is -0.128. The van der Waals surface area contributed by atoms with Gasteiger partial charge in [-0.15, -0.1) is 0 Å². The standard InChI is InChI=1S/C31H38N6O3/c1-4-27(38)37-17-16-36(19-23(37)12-14-32)28-25-11-13-31(21(2)18-22-8-5-6-10-26(22)31)40-29(25)34-30(33-28)39-20-24-9-7-15-35(24)3/h4-6,8,10,21,23-24H,1,7,9,11-13,15-20H2,2-3H3/t21-,23-,24-,31+/m0/s1. The lowest BCUT2D eigenvalue weighted by Crippen LogP contribution is -2.55. The third-order valence-electron chi connectivity index (χ3n) is 9.39. The molecule has 0 radical (unpaired) electrons. The molecule has 0 bridgehead atoms. The third kappa shape index (κ3) is 4.58. The summed E-state index contributed by atoms with van der Waals surface area (Å²) in [7, 11) is 2.13. The number of likely N-dealkylation sites (N-methyl/N-ethyl adjacent to an activating group) is 1. The van der Waals surface area contributed by atoms with Gasteiger partial charge in [0.15, 0.2) is 0 Å². The van der Waals surface area contributed by atoms with Crippen LogP contribution in [-0.2, 0) is 23.2 Å². The SMILES string of the molecule is C=CC(=O)N1CCN(c2nc(OC[C@@H]3CCCN3C)nc3c2CC[C@]2(O3)c3ccccc3C[C@@H]2C)C[C@@H]1CC#N. The Morgan fingerprint density at radius 3 is 2.90 bits per heavy atom. The minimum Gasteiger partial charge on any atom is -0.465 e. The maximum absolute atomic E-state index is 12.5. The maximum atomic E-state index is 12.5. The minimum atomic E-state index is -0.420. The maximum Gasteiger partial charge on any atom is 0.321 e.